The number of hydrogen-bond acceptors (Lipinski definition) is 4. The number of aryl methyl sites for hydroxylation is 2. The normalized spacial score (nSPS) is 15.4. The summed E-state index contributed by atoms with van der Waals surface area (Å²) in [6.07, 6.45) is 9.12. The Bertz CT molecular complexity index is 1240. The third-order valence-electron chi connectivity index (χ3n) is 6.48. The van der Waals surface area contributed by atoms with E-state index < -0.39 is 15.8 Å². The van der Waals surface area contributed by atoms with Gasteiger partial charge in [-0.15, -0.1) is 0 Å². The van der Waals surface area contributed by atoms with Crippen molar-refractivity contribution in [1.82, 2.24) is 9.78 Å². The summed E-state index contributed by atoms with van der Waals surface area (Å²) in [5.74, 6) is 0.396. The molecular formula is C26H30ClN3O3S. The first-order chi connectivity index (χ1) is 16.3. The van der Waals surface area contributed by atoms with Crippen LogP contribution in [0.4, 0.5) is 5.82 Å². The van der Waals surface area contributed by atoms with E-state index in [-0.39, 0.29) is 15.8 Å². The van der Waals surface area contributed by atoms with Crippen LogP contribution in [0.25, 0.3) is 0 Å². The standard InChI is InChI=1S/C26H30ClN3O3S/c1-34(32,33)24-12-11-21(18-23(24)27)22(17-20-9-5-6-10-20)26(31)28-25-14-16-30(29-25)15-13-19-7-3-2-4-8-19/h2-4,7-8,11-12,14,16,18,20,22H,5-6,9-10,13,15,17H2,1H3,(H,28,29,31). The van der Waals surface area contributed by atoms with Crippen LogP contribution in [0.5, 0.6) is 0 Å². The van der Waals surface area contributed by atoms with Crippen molar-refractivity contribution >= 4 is 33.2 Å². The topological polar surface area (TPSA) is 81.1 Å². The summed E-state index contributed by atoms with van der Waals surface area (Å²) >= 11 is 6.30. The average molecular weight is 500 g/mol. The van der Waals surface area contributed by atoms with Gasteiger partial charge in [0, 0.05) is 25.1 Å². The fraction of sp³-hybridized carbons (Fsp3) is 0.385. The van der Waals surface area contributed by atoms with E-state index >= 15 is 0 Å². The van der Waals surface area contributed by atoms with Gasteiger partial charge in [0.1, 0.15) is 0 Å². The highest BCUT2D eigenvalue weighted by Gasteiger charge is 2.28. The van der Waals surface area contributed by atoms with Gasteiger partial charge in [0.05, 0.1) is 15.8 Å². The maximum Gasteiger partial charge on any atom is 0.233 e. The first-order valence-electron chi connectivity index (χ1n) is 11.7. The zero-order valence-corrected chi connectivity index (χ0v) is 20.9. The molecule has 0 radical (unpaired) electrons. The number of nitrogens with zero attached hydrogens (tertiary/aromatic N) is 2. The largest absolute Gasteiger partial charge is 0.309 e. The highest BCUT2D eigenvalue weighted by molar-refractivity contribution is 7.90. The van der Waals surface area contributed by atoms with Gasteiger partial charge in [0.15, 0.2) is 15.7 Å². The Morgan fingerprint density at radius 2 is 1.88 bits per heavy atom. The number of aromatic nitrogens is 2. The summed E-state index contributed by atoms with van der Waals surface area (Å²) in [5.41, 5.74) is 1.96. The van der Waals surface area contributed by atoms with Gasteiger partial charge in [-0.3, -0.25) is 9.48 Å². The van der Waals surface area contributed by atoms with E-state index in [1.165, 1.54) is 24.5 Å². The van der Waals surface area contributed by atoms with Crippen LogP contribution in [0.2, 0.25) is 5.02 Å². The van der Waals surface area contributed by atoms with Gasteiger partial charge in [-0.25, -0.2) is 8.42 Å². The maximum absolute atomic E-state index is 13.4. The molecule has 1 unspecified atom stereocenters. The molecule has 0 aliphatic heterocycles. The van der Waals surface area contributed by atoms with Gasteiger partial charge >= 0.3 is 0 Å². The smallest absolute Gasteiger partial charge is 0.233 e. The highest BCUT2D eigenvalue weighted by Crippen LogP contribution is 2.36. The van der Waals surface area contributed by atoms with Crippen molar-refractivity contribution in [3.63, 3.8) is 0 Å². The lowest BCUT2D eigenvalue weighted by molar-refractivity contribution is -0.118. The Morgan fingerprint density at radius 3 is 2.56 bits per heavy atom. The molecule has 3 aromatic rings. The van der Waals surface area contributed by atoms with Gasteiger partial charge in [0.25, 0.3) is 0 Å². The van der Waals surface area contributed by atoms with E-state index in [1.54, 1.807) is 18.2 Å². The molecule has 180 valence electrons. The second-order valence-corrected chi connectivity index (χ2v) is 11.5. The zero-order valence-electron chi connectivity index (χ0n) is 19.3. The van der Waals surface area contributed by atoms with Crippen molar-refractivity contribution in [3.05, 3.63) is 76.9 Å². The average Bonchev–Trinajstić information content (AvgIpc) is 3.48. The summed E-state index contributed by atoms with van der Waals surface area (Å²) in [6.45, 7) is 0.716. The van der Waals surface area contributed by atoms with Gasteiger partial charge in [-0.05, 0) is 42.0 Å². The van der Waals surface area contributed by atoms with Crippen molar-refractivity contribution in [2.45, 2.75) is 55.9 Å². The van der Waals surface area contributed by atoms with Crippen LogP contribution >= 0.6 is 11.6 Å². The van der Waals surface area contributed by atoms with Crippen molar-refractivity contribution < 1.29 is 13.2 Å². The molecule has 1 aliphatic rings. The second kappa shape index (κ2) is 10.7. The van der Waals surface area contributed by atoms with Crippen molar-refractivity contribution in [3.8, 4) is 0 Å². The Kier molecular flexibility index (Phi) is 7.73. The van der Waals surface area contributed by atoms with E-state index in [4.69, 9.17) is 11.6 Å². The van der Waals surface area contributed by atoms with Crippen molar-refractivity contribution in [2.24, 2.45) is 5.92 Å². The number of hydrogen-bond donors (Lipinski definition) is 1. The number of anilines is 1. The van der Waals surface area contributed by atoms with Crippen molar-refractivity contribution in [2.75, 3.05) is 11.6 Å². The second-order valence-electron chi connectivity index (χ2n) is 9.09. The maximum atomic E-state index is 13.4. The molecule has 0 spiro atoms. The Balaban J connectivity index is 1.49. The van der Waals surface area contributed by atoms with E-state index in [1.807, 2.05) is 29.1 Å². The molecule has 34 heavy (non-hydrogen) atoms. The summed E-state index contributed by atoms with van der Waals surface area (Å²) < 4.78 is 25.7. The molecule has 1 amide bonds. The highest BCUT2D eigenvalue weighted by atomic mass is 35.5. The van der Waals surface area contributed by atoms with Crippen LogP contribution in [0.15, 0.2) is 65.7 Å². The number of carbonyl (C=O) groups is 1. The molecule has 2 aromatic carbocycles. The van der Waals surface area contributed by atoms with Gasteiger partial charge in [0.2, 0.25) is 5.91 Å². The molecular weight excluding hydrogens is 470 g/mol. The summed E-state index contributed by atoms with van der Waals surface area (Å²) in [7, 11) is -3.44. The van der Waals surface area contributed by atoms with E-state index in [9.17, 15) is 13.2 Å². The SMILES string of the molecule is CS(=O)(=O)c1ccc(C(CC2CCCC2)C(=O)Nc2ccn(CCc3ccccc3)n2)cc1Cl. The van der Waals surface area contributed by atoms with Gasteiger partial charge in [-0.1, -0.05) is 73.7 Å². The Morgan fingerprint density at radius 1 is 1.15 bits per heavy atom. The van der Waals surface area contributed by atoms with E-state index in [2.05, 4.69) is 22.5 Å². The van der Waals surface area contributed by atoms with E-state index in [0.29, 0.717) is 24.7 Å². The molecule has 1 heterocycles. The fourth-order valence-corrected chi connectivity index (χ4v) is 6.00. The third kappa shape index (κ3) is 6.27. The summed E-state index contributed by atoms with van der Waals surface area (Å²) in [4.78, 5) is 13.4. The fourth-order valence-electron chi connectivity index (χ4n) is 4.66. The minimum atomic E-state index is -3.44. The molecule has 1 atom stereocenters. The molecule has 1 fully saturated rings. The quantitative estimate of drug-likeness (QED) is 0.422. The Hall–Kier alpha value is -2.64. The third-order valence-corrected chi connectivity index (χ3v) is 8.06. The predicted octanol–water partition coefficient (Wildman–Crippen LogP) is 5.49. The molecule has 4 rings (SSSR count). The minimum Gasteiger partial charge on any atom is -0.309 e. The predicted molar refractivity (Wildman–Crippen MR) is 135 cm³/mol. The van der Waals surface area contributed by atoms with Gasteiger partial charge in [-0.2, -0.15) is 5.10 Å². The molecule has 0 bridgehead atoms. The number of halogens is 1. The first-order valence-corrected chi connectivity index (χ1v) is 13.9. The molecule has 1 saturated carbocycles. The minimum absolute atomic E-state index is 0.0788. The Labute approximate surface area is 206 Å². The number of benzene rings is 2. The van der Waals surface area contributed by atoms with Crippen LogP contribution in [0.1, 0.15) is 49.1 Å². The number of sulfone groups is 1. The van der Waals surface area contributed by atoms with Crippen LogP contribution in [0.3, 0.4) is 0 Å². The van der Waals surface area contributed by atoms with E-state index in [0.717, 1.165) is 31.1 Å². The monoisotopic (exact) mass is 499 g/mol. The molecule has 6 nitrogen and oxygen atoms in total. The lowest BCUT2D eigenvalue weighted by atomic mass is 9.87. The van der Waals surface area contributed by atoms with Crippen LogP contribution in [-0.4, -0.2) is 30.4 Å². The number of amides is 1. The van der Waals surface area contributed by atoms with Crippen molar-refractivity contribution in [1.29, 1.82) is 0 Å². The molecule has 8 heteroatoms. The van der Waals surface area contributed by atoms with Crippen LogP contribution in [0, 0.1) is 5.92 Å². The summed E-state index contributed by atoms with van der Waals surface area (Å²) in [5, 5.41) is 7.63. The molecule has 0 saturated heterocycles. The summed E-state index contributed by atoms with van der Waals surface area (Å²) in [6, 6.07) is 16.8. The number of carbonyl (C=O) groups excluding carboxylic acids is 1. The first kappa shape index (κ1) is 24.5. The molecule has 1 aromatic heterocycles. The molecule has 1 N–H and O–H groups in total. The number of rotatable bonds is 9. The zero-order chi connectivity index (χ0) is 24.1. The lowest BCUT2D eigenvalue weighted by Gasteiger charge is -2.21. The van der Waals surface area contributed by atoms with Gasteiger partial charge < -0.3 is 5.32 Å². The van der Waals surface area contributed by atoms with Crippen LogP contribution in [-0.2, 0) is 27.6 Å². The number of nitrogens with one attached hydrogen (secondary N) is 1. The van der Waals surface area contributed by atoms with Crippen LogP contribution < -0.4 is 5.32 Å². The lowest BCUT2D eigenvalue weighted by Crippen LogP contribution is -2.23. The molecule has 1 aliphatic carbocycles.